The molecule has 0 saturated heterocycles. The normalized spacial score (nSPS) is 10.5. The molecule has 3 rings (SSSR count). The standard InChI is InChI=1S/C21H25N5O2/c1-4-28-18-10-8-17(9-11-18)24-21(27)23-14-12-19-15(2)25-26(16(19)3)20-7-5-6-13-22-20/h5-11,13H,4,12,14H2,1-3H3,(H2,23,24,27). The Bertz CT molecular complexity index is 920. The number of nitrogens with zero attached hydrogens (tertiary/aromatic N) is 3. The fraction of sp³-hybridized carbons (Fsp3) is 0.286. The van der Waals surface area contributed by atoms with E-state index in [1.165, 1.54) is 0 Å². The van der Waals surface area contributed by atoms with Crippen LogP contribution in [0.5, 0.6) is 5.75 Å². The molecular formula is C21H25N5O2. The third-order valence-electron chi connectivity index (χ3n) is 4.39. The average molecular weight is 379 g/mol. The van der Waals surface area contributed by atoms with Crippen molar-refractivity contribution in [2.24, 2.45) is 0 Å². The summed E-state index contributed by atoms with van der Waals surface area (Å²) in [7, 11) is 0. The first-order valence-electron chi connectivity index (χ1n) is 9.32. The number of carbonyl (C=O) groups is 1. The monoisotopic (exact) mass is 379 g/mol. The molecule has 0 fully saturated rings. The van der Waals surface area contributed by atoms with Crippen LogP contribution in [0.1, 0.15) is 23.9 Å². The Morgan fingerprint density at radius 2 is 1.93 bits per heavy atom. The van der Waals surface area contributed by atoms with Crippen molar-refractivity contribution < 1.29 is 9.53 Å². The van der Waals surface area contributed by atoms with Crippen LogP contribution in [0.3, 0.4) is 0 Å². The van der Waals surface area contributed by atoms with E-state index in [1.54, 1.807) is 6.20 Å². The van der Waals surface area contributed by atoms with Crippen LogP contribution in [0, 0.1) is 13.8 Å². The van der Waals surface area contributed by atoms with Crippen molar-refractivity contribution in [3.63, 3.8) is 0 Å². The highest BCUT2D eigenvalue weighted by Crippen LogP contribution is 2.17. The Morgan fingerprint density at radius 3 is 2.61 bits per heavy atom. The van der Waals surface area contributed by atoms with Gasteiger partial charge in [-0.1, -0.05) is 6.07 Å². The maximum atomic E-state index is 12.1. The van der Waals surface area contributed by atoms with Gasteiger partial charge >= 0.3 is 6.03 Å². The van der Waals surface area contributed by atoms with Crippen LogP contribution in [0.2, 0.25) is 0 Å². The van der Waals surface area contributed by atoms with E-state index in [0.717, 1.165) is 34.2 Å². The minimum atomic E-state index is -0.239. The molecule has 2 aromatic heterocycles. The van der Waals surface area contributed by atoms with Crippen molar-refractivity contribution in [3.05, 3.63) is 65.6 Å². The lowest BCUT2D eigenvalue weighted by molar-refractivity contribution is 0.252. The lowest BCUT2D eigenvalue weighted by Crippen LogP contribution is -2.30. The number of amides is 2. The van der Waals surface area contributed by atoms with E-state index in [1.807, 2.05) is 67.9 Å². The molecule has 1 aromatic carbocycles. The molecule has 0 saturated carbocycles. The summed E-state index contributed by atoms with van der Waals surface area (Å²) in [6, 6.07) is 12.8. The molecular weight excluding hydrogens is 354 g/mol. The van der Waals surface area contributed by atoms with Crippen molar-refractivity contribution in [2.45, 2.75) is 27.2 Å². The van der Waals surface area contributed by atoms with E-state index in [-0.39, 0.29) is 6.03 Å². The van der Waals surface area contributed by atoms with Gasteiger partial charge in [0.1, 0.15) is 5.75 Å². The van der Waals surface area contributed by atoms with E-state index in [0.29, 0.717) is 19.6 Å². The molecule has 0 aliphatic heterocycles. The lowest BCUT2D eigenvalue weighted by Gasteiger charge is -2.09. The molecule has 0 unspecified atom stereocenters. The maximum Gasteiger partial charge on any atom is 0.319 e. The van der Waals surface area contributed by atoms with Gasteiger partial charge in [-0.2, -0.15) is 5.10 Å². The number of pyridine rings is 1. The smallest absolute Gasteiger partial charge is 0.319 e. The van der Waals surface area contributed by atoms with Gasteiger partial charge in [0.15, 0.2) is 5.82 Å². The highest BCUT2D eigenvalue weighted by Gasteiger charge is 2.13. The fourth-order valence-corrected chi connectivity index (χ4v) is 3.02. The first-order valence-corrected chi connectivity index (χ1v) is 9.32. The predicted molar refractivity (Wildman–Crippen MR) is 109 cm³/mol. The molecule has 3 aromatic rings. The molecule has 2 N–H and O–H groups in total. The first-order chi connectivity index (χ1) is 13.6. The quantitative estimate of drug-likeness (QED) is 0.657. The third kappa shape index (κ3) is 4.68. The summed E-state index contributed by atoms with van der Waals surface area (Å²) in [6.45, 7) is 7.05. The second-order valence-corrected chi connectivity index (χ2v) is 6.34. The van der Waals surface area contributed by atoms with Gasteiger partial charge < -0.3 is 15.4 Å². The largest absolute Gasteiger partial charge is 0.494 e. The van der Waals surface area contributed by atoms with Crippen LogP contribution in [-0.4, -0.2) is 33.9 Å². The molecule has 7 nitrogen and oxygen atoms in total. The Labute approximate surface area is 164 Å². The van der Waals surface area contributed by atoms with Crippen molar-refractivity contribution in [2.75, 3.05) is 18.5 Å². The Kier molecular flexibility index (Phi) is 6.26. The van der Waals surface area contributed by atoms with Crippen LogP contribution >= 0.6 is 0 Å². The van der Waals surface area contributed by atoms with Gasteiger partial charge in [0.2, 0.25) is 0 Å². The number of ether oxygens (including phenoxy) is 1. The summed E-state index contributed by atoms with van der Waals surface area (Å²) >= 11 is 0. The second kappa shape index (κ2) is 9.03. The number of benzene rings is 1. The molecule has 0 aliphatic rings. The molecule has 0 aliphatic carbocycles. The Morgan fingerprint density at radius 1 is 1.14 bits per heavy atom. The molecule has 2 heterocycles. The molecule has 0 radical (unpaired) electrons. The van der Waals surface area contributed by atoms with Crippen LogP contribution in [0.4, 0.5) is 10.5 Å². The van der Waals surface area contributed by atoms with Crippen molar-refractivity contribution in [1.29, 1.82) is 0 Å². The third-order valence-corrected chi connectivity index (χ3v) is 4.39. The number of aromatic nitrogens is 3. The van der Waals surface area contributed by atoms with Gasteiger partial charge in [0.05, 0.1) is 12.3 Å². The van der Waals surface area contributed by atoms with Gasteiger partial charge in [-0.05, 0) is 69.2 Å². The molecule has 0 spiro atoms. The van der Waals surface area contributed by atoms with Crippen LogP contribution in [0.25, 0.3) is 5.82 Å². The molecule has 0 bridgehead atoms. The van der Waals surface area contributed by atoms with Crippen molar-refractivity contribution >= 4 is 11.7 Å². The van der Waals surface area contributed by atoms with Gasteiger partial charge in [-0.15, -0.1) is 0 Å². The van der Waals surface area contributed by atoms with Gasteiger partial charge in [-0.3, -0.25) is 0 Å². The maximum absolute atomic E-state index is 12.1. The van der Waals surface area contributed by atoms with Crippen LogP contribution in [-0.2, 0) is 6.42 Å². The van der Waals surface area contributed by atoms with E-state index in [4.69, 9.17) is 4.74 Å². The average Bonchev–Trinajstić information content (AvgIpc) is 2.98. The van der Waals surface area contributed by atoms with Crippen LogP contribution < -0.4 is 15.4 Å². The van der Waals surface area contributed by atoms with E-state index in [9.17, 15) is 4.79 Å². The molecule has 0 atom stereocenters. The van der Waals surface area contributed by atoms with Crippen LogP contribution in [0.15, 0.2) is 48.7 Å². The number of rotatable bonds is 7. The highest BCUT2D eigenvalue weighted by atomic mass is 16.5. The molecule has 28 heavy (non-hydrogen) atoms. The second-order valence-electron chi connectivity index (χ2n) is 6.34. The summed E-state index contributed by atoms with van der Waals surface area (Å²) in [4.78, 5) is 16.5. The number of nitrogens with one attached hydrogen (secondary N) is 2. The minimum Gasteiger partial charge on any atom is -0.494 e. The Hall–Kier alpha value is -3.35. The molecule has 2 amide bonds. The zero-order chi connectivity index (χ0) is 19.9. The topological polar surface area (TPSA) is 81.1 Å². The van der Waals surface area contributed by atoms with E-state index in [2.05, 4.69) is 20.7 Å². The summed E-state index contributed by atoms with van der Waals surface area (Å²) in [6.07, 6.45) is 2.44. The minimum absolute atomic E-state index is 0.239. The summed E-state index contributed by atoms with van der Waals surface area (Å²) in [5.74, 6) is 1.57. The summed E-state index contributed by atoms with van der Waals surface area (Å²) < 4.78 is 7.23. The SMILES string of the molecule is CCOc1ccc(NC(=O)NCCc2c(C)nn(-c3ccccn3)c2C)cc1. The first kappa shape index (κ1) is 19.4. The van der Waals surface area contributed by atoms with Gasteiger partial charge in [0.25, 0.3) is 0 Å². The Balaban J connectivity index is 1.55. The van der Waals surface area contributed by atoms with Gasteiger partial charge in [0, 0.05) is 24.1 Å². The summed E-state index contributed by atoms with van der Waals surface area (Å²) in [5.41, 5.74) is 3.81. The van der Waals surface area contributed by atoms with Crippen molar-refractivity contribution in [3.8, 4) is 11.6 Å². The van der Waals surface area contributed by atoms with Gasteiger partial charge in [-0.25, -0.2) is 14.5 Å². The molecule has 146 valence electrons. The van der Waals surface area contributed by atoms with Crippen molar-refractivity contribution in [1.82, 2.24) is 20.1 Å². The number of hydrogen-bond acceptors (Lipinski definition) is 4. The highest BCUT2D eigenvalue weighted by molar-refractivity contribution is 5.89. The van der Waals surface area contributed by atoms with E-state index < -0.39 is 0 Å². The number of anilines is 1. The number of carbonyl (C=O) groups excluding carboxylic acids is 1. The lowest BCUT2D eigenvalue weighted by atomic mass is 10.1. The molecule has 7 heteroatoms. The number of aryl methyl sites for hydroxylation is 1. The zero-order valence-corrected chi connectivity index (χ0v) is 16.4. The van der Waals surface area contributed by atoms with E-state index >= 15 is 0 Å². The number of urea groups is 1. The number of hydrogen-bond donors (Lipinski definition) is 2. The zero-order valence-electron chi connectivity index (χ0n) is 16.4. The summed E-state index contributed by atoms with van der Waals surface area (Å²) in [5, 5.41) is 10.3. The fourth-order valence-electron chi connectivity index (χ4n) is 3.02. The predicted octanol–water partition coefficient (Wildman–Crippen LogP) is 3.65.